The molecule has 2 aliphatic rings. The summed E-state index contributed by atoms with van der Waals surface area (Å²) in [6.45, 7) is 1.80. The molecule has 1 unspecified atom stereocenters. The molecule has 2 aromatic carbocycles. The maximum atomic E-state index is 13.3. The third kappa shape index (κ3) is 4.85. The second-order valence-electron chi connectivity index (χ2n) is 9.31. The second-order valence-corrected chi connectivity index (χ2v) is 9.31. The highest BCUT2D eigenvalue weighted by Crippen LogP contribution is 2.44. The molecule has 0 bridgehead atoms. The lowest BCUT2D eigenvalue weighted by Gasteiger charge is -2.36. The van der Waals surface area contributed by atoms with Crippen LogP contribution in [0.5, 0.6) is 0 Å². The molecule has 0 aromatic heterocycles. The van der Waals surface area contributed by atoms with Crippen molar-refractivity contribution < 1.29 is 23.9 Å². The lowest BCUT2D eigenvalue weighted by Crippen LogP contribution is -2.41. The molecule has 1 heterocycles. The number of carbonyl (C=O) groups excluding carboxylic acids is 3. The van der Waals surface area contributed by atoms with Crippen molar-refractivity contribution >= 4 is 29.2 Å². The van der Waals surface area contributed by atoms with Crippen molar-refractivity contribution in [3.63, 3.8) is 0 Å². The SMILES string of the molecule is COC(=O)C1=C(C(=O)OC)N(c2cc(NC(=O)C3CCCC3)ccc2C)C(N)=C(C#N)C1c1ccccc1. The molecule has 0 radical (unpaired) electrons. The monoisotopic (exact) mass is 514 g/mol. The number of allylic oxidation sites excluding steroid dienone is 1. The van der Waals surface area contributed by atoms with Gasteiger partial charge in [-0.2, -0.15) is 5.26 Å². The van der Waals surface area contributed by atoms with Crippen molar-refractivity contribution in [2.75, 3.05) is 24.4 Å². The summed E-state index contributed by atoms with van der Waals surface area (Å²) in [6, 6.07) is 16.2. The summed E-state index contributed by atoms with van der Waals surface area (Å²) in [4.78, 5) is 40.7. The summed E-state index contributed by atoms with van der Waals surface area (Å²) in [5.41, 5.74) is 8.63. The molecule has 2 aromatic rings. The van der Waals surface area contributed by atoms with Gasteiger partial charge in [-0.1, -0.05) is 49.2 Å². The molecule has 1 fully saturated rings. The molecule has 1 amide bonds. The lowest BCUT2D eigenvalue weighted by atomic mass is 9.80. The summed E-state index contributed by atoms with van der Waals surface area (Å²) in [7, 11) is 2.40. The first kappa shape index (κ1) is 26.5. The average Bonchev–Trinajstić information content (AvgIpc) is 3.48. The normalized spacial score (nSPS) is 17.7. The second kappa shape index (κ2) is 11.2. The van der Waals surface area contributed by atoms with E-state index in [-0.39, 0.29) is 34.5 Å². The van der Waals surface area contributed by atoms with E-state index < -0.39 is 17.9 Å². The maximum Gasteiger partial charge on any atom is 0.355 e. The Morgan fingerprint density at radius 2 is 1.68 bits per heavy atom. The van der Waals surface area contributed by atoms with Gasteiger partial charge in [0.05, 0.1) is 43.0 Å². The van der Waals surface area contributed by atoms with E-state index in [0.29, 0.717) is 22.5 Å². The molecule has 0 spiro atoms. The number of methoxy groups -OCH3 is 2. The Labute approximate surface area is 221 Å². The predicted octanol–water partition coefficient (Wildman–Crippen LogP) is 4.02. The Bertz CT molecular complexity index is 1370. The van der Waals surface area contributed by atoms with Crippen molar-refractivity contribution in [1.29, 1.82) is 5.26 Å². The maximum absolute atomic E-state index is 13.3. The Balaban J connectivity index is 1.92. The molecule has 38 heavy (non-hydrogen) atoms. The Hall–Kier alpha value is -4.58. The van der Waals surface area contributed by atoms with Gasteiger partial charge in [-0.25, -0.2) is 9.59 Å². The molecule has 1 saturated carbocycles. The fourth-order valence-corrected chi connectivity index (χ4v) is 5.12. The number of ether oxygens (including phenoxy) is 2. The average molecular weight is 515 g/mol. The van der Waals surface area contributed by atoms with Gasteiger partial charge in [0.25, 0.3) is 0 Å². The van der Waals surface area contributed by atoms with Gasteiger partial charge >= 0.3 is 11.9 Å². The summed E-state index contributed by atoms with van der Waals surface area (Å²) in [5.74, 6) is -2.73. The number of rotatable bonds is 6. The zero-order valence-electron chi connectivity index (χ0n) is 21.6. The van der Waals surface area contributed by atoms with E-state index in [9.17, 15) is 19.6 Å². The van der Waals surface area contributed by atoms with E-state index in [1.54, 1.807) is 55.5 Å². The Kier molecular flexibility index (Phi) is 7.82. The molecule has 196 valence electrons. The highest BCUT2D eigenvalue weighted by atomic mass is 16.5. The van der Waals surface area contributed by atoms with E-state index in [1.165, 1.54) is 19.1 Å². The molecule has 0 saturated heterocycles. The highest BCUT2D eigenvalue weighted by molar-refractivity contribution is 6.06. The van der Waals surface area contributed by atoms with Gasteiger partial charge in [0.1, 0.15) is 11.5 Å². The lowest BCUT2D eigenvalue weighted by molar-refractivity contribution is -0.139. The number of nitrogens with two attached hydrogens (primary N) is 1. The van der Waals surface area contributed by atoms with Gasteiger partial charge < -0.3 is 20.5 Å². The number of hydrogen-bond acceptors (Lipinski definition) is 8. The molecular weight excluding hydrogens is 484 g/mol. The van der Waals surface area contributed by atoms with Gasteiger partial charge in [-0.05, 0) is 43.0 Å². The fourth-order valence-electron chi connectivity index (χ4n) is 5.12. The number of benzene rings is 2. The van der Waals surface area contributed by atoms with Crippen LogP contribution in [0.25, 0.3) is 0 Å². The van der Waals surface area contributed by atoms with Crippen LogP contribution < -0.4 is 16.0 Å². The summed E-state index contributed by atoms with van der Waals surface area (Å²) >= 11 is 0. The number of carbonyl (C=O) groups is 3. The minimum atomic E-state index is -0.954. The number of amides is 1. The van der Waals surface area contributed by atoms with Crippen LogP contribution in [0.4, 0.5) is 11.4 Å². The quantitative estimate of drug-likeness (QED) is 0.552. The van der Waals surface area contributed by atoms with Crippen molar-refractivity contribution in [2.24, 2.45) is 11.7 Å². The third-order valence-electron chi connectivity index (χ3n) is 7.05. The van der Waals surface area contributed by atoms with Crippen LogP contribution in [0, 0.1) is 24.2 Å². The minimum Gasteiger partial charge on any atom is -0.466 e. The van der Waals surface area contributed by atoms with Crippen molar-refractivity contribution in [3.05, 3.63) is 82.3 Å². The number of nitrogens with one attached hydrogen (secondary N) is 1. The number of aryl methyl sites for hydroxylation is 1. The molecule has 9 nitrogen and oxygen atoms in total. The van der Waals surface area contributed by atoms with Crippen molar-refractivity contribution in [3.8, 4) is 6.07 Å². The molecular formula is C29H30N4O5. The van der Waals surface area contributed by atoms with E-state index in [4.69, 9.17) is 15.2 Å². The number of anilines is 2. The van der Waals surface area contributed by atoms with E-state index in [2.05, 4.69) is 11.4 Å². The van der Waals surface area contributed by atoms with Gasteiger partial charge in [0, 0.05) is 11.6 Å². The van der Waals surface area contributed by atoms with E-state index in [0.717, 1.165) is 25.7 Å². The van der Waals surface area contributed by atoms with Crippen LogP contribution in [-0.2, 0) is 23.9 Å². The molecule has 1 atom stereocenters. The summed E-state index contributed by atoms with van der Waals surface area (Å²) in [6.07, 6.45) is 3.73. The van der Waals surface area contributed by atoms with Crippen LogP contribution in [-0.4, -0.2) is 32.1 Å². The zero-order valence-corrected chi connectivity index (χ0v) is 21.6. The van der Waals surface area contributed by atoms with Crippen LogP contribution in [0.15, 0.2) is 71.2 Å². The summed E-state index contributed by atoms with van der Waals surface area (Å²) in [5, 5.41) is 13.2. The standard InChI is InChI=1S/C29H30N4O5/c1-17-13-14-20(32-27(34)19-11-7-8-12-19)15-22(17)33-25(29(36)38-3)24(28(35)37-2)23(21(16-30)26(33)31)18-9-5-4-6-10-18/h4-6,9-10,13-15,19,23H,7-8,11-12,31H2,1-3H3,(H,32,34). The predicted molar refractivity (Wildman–Crippen MR) is 141 cm³/mol. The third-order valence-corrected chi connectivity index (χ3v) is 7.05. The molecule has 4 rings (SSSR count). The van der Waals surface area contributed by atoms with E-state index in [1.807, 2.05) is 0 Å². The largest absolute Gasteiger partial charge is 0.466 e. The fraction of sp³-hybridized carbons (Fsp3) is 0.310. The smallest absolute Gasteiger partial charge is 0.355 e. The Morgan fingerprint density at radius 1 is 1.03 bits per heavy atom. The van der Waals surface area contributed by atoms with Gasteiger partial charge in [0.2, 0.25) is 5.91 Å². The highest BCUT2D eigenvalue weighted by Gasteiger charge is 2.43. The number of nitriles is 1. The zero-order chi connectivity index (χ0) is 27.4. The van der Waals surface area contributed by atoms with Crippen molar-refractivity contribution in [1.82, 2.24) is 0 Å². The van der Waals surface area contributed by atoms with Gasteiger partial charge in [-0.15, -0.1) is 0 Å². The van der Waals surface area contributed by atoms with Gasteiger partial charge in [-0.3, -0.25) is 9.69 Å². The number of hydrogen-bond donors (Lipinski definition) is 2. The van der Waals surface area contributed by atoms with Crippen LogP contribution in [0.1, 0.15) is 42.7 Å². The first-order chi connectivity index (χ1) is 18.3. The first-order valence-electron chi connectivity index (χ1n) is 12.4. The minimum absolute atomic E-state index is 0.0308. The molecule has 1 aliphatic carbocycles. The number of esters is 2. The van der Waals surface area contributed by atoms with Crippen LogP contribution in [0.2, 0.25) is 0 Å². The van der Waals surface area contributed by atoms with Crippen LogP contribution >= 0.6 is 0 Å². The topological polar surface area (TPSA) is 135 Å². The molecule has 1 aliphatic heterocycles. The number of nitrogens with zero attached hydrogens (tertiary/aromatic N) is 2. The molecule has 3 N–H and O–H groups in total. The van der Waals surface area contributed by atoms with E-state index >= 15 is 0 Å². The van der Waals surface area contributed by atoms with Gasteiger partial charge in [0.15, 0.2) is 0 Å². The summed E-state index contributed by atoms with van der Waals surface area (Å²) < 4.78 is 10.2. The Morgan fingerprint density at radius 3 is 2.29 bits per heavy atom. The molecule has 9 heteroatoms. The van der Waals surface area contributed by atoms with Crippen molar-refractivity contribution in [2.45, 2.75) is 38.5 Å². The first-order valence-corrected chi connectivity index (χ1v) is 12.4. The van der Waals surface area contributed by atoms with Crippen LogP contribution in [0.3, 0.4) is 0 Å².